The van der Waals surface area contributed by atoms with E-state index in [1.54, 1.807) is 24.3 Å². The summed E-state index contributed by atoms with van der Waals surface area (Å²) in [5, 5.41) is 7.66. The number of ether oxygens (including phenoxy) is 1. The van der Waals surface area contributed by atoms with E-state index in [9.17, 15) is 26.3 Å². The van der Waals surface area contributed by atoms with Gasteiger partial charge in [-0.15, -0.1) is 13.2 Å². The molecule has 0 aliphatic rings. The lowest BCUT2D eigenvalue weighted by molar-refractivity contribution is -0.274. The van der Waals surface area contributed by atoms with Gasteiger partial charge in [0.1, 0.15) is 11.4 Å². The van der Waals surface area contributed by atoms with Crippen LogP contribution in [0.4, 0.5) is 26.3 Å². The first-order valence-electron chi connectivity index (χ1n) is 9.39. The zero-order chi connectivity index (χ0) is 23.8. The van der Waals surface area contributed by atoms with E-state index in [-0.39, 0.29) is 29.5 Å². The van der Waals surface area contributed by atoms with Crippen molar-refractivity contribution in [3.8, 4) is 28.7 Å². The highest BCUT2D eigenvalue weighted by Crippen LogP contribution is 2.33. The molecule has 6 nitrogen and oxygen atoms in total. The highest BCUT2D eigenvalue weighted by Gasteiger charge is 2.37. The summed E-state index contributed by atoms with van der Waals surface area (Å²) in [4.78, 5) is 4.03. The molecule has 0 atom stereocenters. The van der Waals surface area contributed by atoms with Crippen LogP contribution in [0.1, 0.15) is 16.8 Å². The molecular weight excluding hydrogens is 454 g/mol. The summed E-state index contributed by atoms with van der Waals surface area (Å²) in [6.07, 6.45) is -9.51. The van der Waals surface area contributed by atoms with Crippen molar-refractivity contribution >= 4 is 0 Å². The molecule has 2 heterocycles. The van der Waals surface area contributed by atoms with Gasteiger partial charge in [-0.2, -0.15) is 23.3 Å². The van der Waals surface area contributed by atoms with Crippen molar-refractivity contribution in [2.45, 2.75) is 26.0 Å². The second-order valence-corrected chi connectivity index (χ2v) is 7.05. The summed E-state index contributed by atoms with van der Waals surface area (Å²) in [7, 11) is 0. The quantitative estimate of drug-likeness (QED) is 0.343. The Labute approximate surface area is 182 Å². The van der Waals surface area contributed by atoms with Crippen LogP contribution in [0.15, 0.2) is 59.1 Å². The second-order valence-electron chi connectivity index (χ2n) is 7.05. The van der Waals surface area contributed by atoms with Gasteiger partial charge in [0.2, 0.25) is 5.82 Å². The zero-order valence-electron chi connectivity index (χ0n) is 16.8. The van der Waals surface area contributed by atoms with Crippen LogP contribution in [-0.2, 0) is 12.7 Å². The first kappa shape index (κ1) is 22.4. The van der Waals surface area contributed by atoms with Crippen molar-refractivity contribution in [2.24, 2.45) is 0 Å². The minimum absolute atomic E-state index is 0.0369. The molecule has 0 unspecified atom stereocenters. The monoisotopic (exact) mass is 468 g/mol. The van der Waals surface area contributed by atoms with Gasteiger partial charge in [0.15, 0.2) is 5.69 Å². The number of alkyl halides is 6. The Kier molecular flexibility index (Phi) is 5.60. The third-order valence-corrected chi connectivity index (χ3v) is 4.51. The molecule has 0 saturated carbocycles. The van der Waals surface area contributed by atoms with Crippen molar-refractivity contribution in [1.82, 2.24) is 19.9 Å². The molecule has 0 amide bonds. The fourth-order valence-electron chi connectivity index (χ4n) is 2.99. The molecule has 0 bridgehead atoms. The Morgan fingerprint density at radius 2 is 1.61 bits per heavy atom. The van der Waals surface area contributed by atoms with Crippen LogP contribution in [-0.4, -0.2) is 26.3 Å². The molecule has 0 saturated heterocycles. The third-order valence-electron chi connectivity index (χ3n) is 4.51. The third kappa shape index (κ3) is 5.33. The topological polar surface area (TPSA) is 66.0 Å². The number of hydrogen-bond acceptors (Lipinski definition) is 5. The Morgan fingerprint density at radius 3 is 2.21 bits per heavy atom. The van der Waals surface area contributed by atoms with Crippen LogP contribution in [0.25, 0.3) is 23.0 Å². The van der Waals surface area contributed by atoms with Gasteiger partial charge >= 0.3 is 12.5 Å². The Balaban J connectivity index is 1.61. The normalized spacial score (nSPS) is 12.2. The van der Waals surface area contributed by atoms with Crippen LogP contribution >= 0.6 is 0 Å². The van der Waals surface area contributed by atoms with Gasteiger partial charge in [0.05, 0.1) is 6.54 Å². The lowest BCUT2D eigenvalue weighted by Crippen LogP contribution is -2.16. The van der Waals surface area contributed by atoms with E-state index in [0.29, 0.717) is 5.56 Å². The van der Waals surface area contributed by atoms with Crippen LogP contribution < -0.4 is 4.74 Å². The van der Waals surface area contributed by atoms with E-state index in [0.717, 1.165) is 28.4 Å². The molecule has 0 spiro atoms. The summed E-state index contributed by atoms with van der Waals surface area (Å²) >= 11 is 0. The van der Waals surface area contributed by atoms with Crippen molar-refractivity contribution in [1.29, 1.82) is 0 Å². The first-order chi connectivity index (χ1) is 15.5. The smallest absolute Gasteiger partial charge is 0.406 e. The van der Waals surface area contributed by atoms with Crippen LogP contribution in [0, 0.1) is 6.92 Å². The van der Waals surface area contributed by atoms with Gasteiger partial charge in [-0.25, -0.2) is 0 Å². The fourth-order valence-corrected chi connectivity index (χ4v) is 2.99. The van der Waals surface area contributed by atoms with E-state index in [1.165, 1.54) is 12.1 Å². The standard InChI is InChI=1S/C21H14F6N4O2/c1-12-2-4-13(5-3-12)11-31-17(20(22,23)24)10-16(29-31)19-28-18(30-33-19)14-6-8-15(9-7-14)32-21(25,26)27/h2-10H,11H2,1H3. The van der Waals surface area contributed by atoms with Crippen molar-refractivity contribution in [3.63, 3.8) is 0 Å². The zero-order valence-corrected chi connectivity index (χ0v) is 16.8. The van der Waals surface area contributed by atoms with E-state index in [4.69, 9.17) is 4.52 Å². The average Bonchev–Trinajstić information content (AvgIpc) is 3.36. The average molecular weight is 468 g/mol. The largest absolute Gasteiger partial charge is 0.573 e. The van der Waals surface area contributed by atoms with Crippen LogP contribution in [0.5, 0.6) is 5.75 Å². The molecule has 4 rings (SSSR count). The SMILES string of the molecule is Cc1ccc(Cn2nc(-c3nc(-c4ccc(OC(F)(F)F)cc4)no3)cc2C(F)(F)F)cc1. The molecule has 33 heavy (non-hydrogen) atoms. The maximum absolute atomic E-state index is 13.6. The Bertz CT molecular complexity index is 1240. The van der Waals surface area contributed by atoms with Gasteiger partial charge in [-0.1, -0.05) is 35.0 Å². The molecule has 0 fully saturated rings. The predicted molar refractivity (Wildman–Crippen MR) is 103 cm³/mol. The number of rotatable bonds is 5. The number of aromatic nitrogens is 4. The number of hydrogen-bond donors (Lipinski definition) is 0. The minimum atomic E-state index is -4.84. The Morgan fingerprint density at radius 1 is 0.939 bits per heavy atom. The molecule has 4 aromatic rings. The van der Waals surface area contributed by atoms with Gasteiger partial charge in [-0.3, -0.25) is 4.68 Å². The lowest BCUT2D eigenvalue weighted by Gasteiger charge is -2.10. The van der Waals surface area contributed by atoms with E-state index in [2.05, 4.69) is 20.0 Å². The lowest BCUT2D eigenvalue weighted by atomic mass is 10.1. The highest BCUT2D eigenvalue weighted by molar-refractivity contribution is 5.59. The van der Waals surface area contributed by atoms with Gasteiger partial charge in [0, 0.05) is 11.6 Å². The second kappa shape index (κ2) is 8.26. The molecule has 0 radical (unpaired) electrons. The highest BCUT2D eigenvalue weighted by atomic mass is 19.4. The van der Waals surface area contributed by atoms with Gasteiger partial charge < -0.3 is 9.26 Å². The van der Waals surface area contributed by atoms with Crippen molar-refractivity contribution < 1.29 is 35.6 Å². The van der Waals surface area contributed by atoms with E-state index < -0.39 is 24.0 Å². The van der Waals surface area contributed by atoms with Crippen molar-refractivity contribution in [2.75, 3.05) is 0 Å². The van der Waals surface area contributed by atoms with Crippen LogP contribution in [0.3, 0.4) is 0 Å². The van der Waals surface area contributed by atoms with Gasteiger partial charge in [-0.05, 0) is 36.8 Å². The van der Waals surface area contributed by atoms with Crippen LogP contribution in [0.2, 0.25) is 0 Å². The van der Waals surface area contributed by atoms with E-state index >= 15 is 0 Å². The summed E-state index contributed by atoms with van der Waals surface area (Å²) in [5.41, 5.74) is 0.673. The summed E-state index contributed by atoms with van der Waals surface area (Å²) < 4.78 is 87.1. The molecule has 0 N–H and O–H groups in total. The van der Waals surface area contributed by atoms with Gasteiger partial charge in [0.25, 0.3) is 5.89 Å². The predicted octanol–water partition coefficient (Wildman–Crippen LogP) is 5.87. The maximum atomic E-state index is 13.6. The number of aryl methyl sites for hydroxylation is 1. The number of nitrogens with zero attached hydrogens (tertiary/aromatic N) is 4. The molecule has 2 aromatic heterocycles. The minimum Gasteiger partial charge on any atom is -0.406 e. The molecule has 0 aliphatic heterocycles. The Hall–Kier alpha value is -3.83. The van der Waals surface area contributed by atoms with E-state index in [1.807, 2.05) is 6.92 Å². The molecule has 172 valence electrons. The maximum Gasteiger partial charge on any atom is 0.573 e. The summed E-state index contributed by atoms with van der Waals surface area (Å²) in [6.45, 7) is 1.73. The molecular formula is C21H14F6N4O2. The fraction of sp³-hybridized carbons (Fsp3) is 0.190. The number of halogens is 6. The molecule has 12 heteroatoms. The molecule has 2 aromatic carbocycles. The summed E-state index contributed by atoms with van der Waals surface area (Å²) in [6, 6.07) is 12.4. The van der Waals surface area contributed by atoms with Crippen molar-refractivity contribution in [3.05, 3.63) is 71.4 Å². The summed E-state index contributed by atoms with van der Waals surface area (Å²) in [5.74, 6) is -0.751. The molecule has 0 aliphatic carbocycles. The number of benzene rings is 2. The first-order valence-corrected chi connectivity index (χ1v) is 9.39.